The third-order valence-corrected chi connectivity index (χ3v) is 3.30. The van der Waals surface area contributed by atoms with Crippen molar-refractivity contribution in [3.05, 3.63) is 46.8 Å². The topological polar surface area (TPSA) is 61.3 Å². The van der Waals surface area contributed by atoms with Gasteiger partial charge in [0.1, 0.15) is 12.4 Å². The minimum atomic E-state index is 0.186. The van der Waals surface area contributed by atoms with Crippen molar-refractivity contribution in [3.63, 3.8) is 0 Å². The molecular weight excluding hydrogens is 228 g/mol. The van der Waals surface area contributed by atoms with Gasteiger partial charge in [-0.2, -0.15) is 0 Å². The van der Waals surface area contributed by atoms with E-state index in [1.807, 2.05) is 19.1 Å². The lowest BCUT2D eigenvalue weighted by molar-refractivity contribution is 0.248. The lowest BCUT2D eigenvalue weighted by Gasteiger charge is -2.08. The molecule has 0 bridgehead atoms. The van der Waals surface area contributed by atoms with Crippen LogP contribution >= 0.6 is 0 Å². The fourth-order valence-electron chi connectivity index (χ4n) is 2.36. The van der Waals surface area contributed by atoms with E-state index < -0.39 is 0 Å². The number of rotatable bonds is 3. The smallest absolute Gasteiger partial charge is 0.174 e. The van der Waals surface area contributed by atoms with E-state index >= 15 is 0 Å². The molecule has 0 aliphatic heterocycles. The van der Waals surface area contributed by atoms with Gasteiger partial charge in [0, 0.05) is 12.1 Å². The molecule has 1 heterocycles. The summed E-state index contributed by atoms with van der Waals surface area (Å²) in [6.45, 7) is 2.30. The van der Waals surface area contributed by atoms with E-state index in [9.17, 15) is 0 Å². The molecule has 1 aliphatic carbocycles. The molecule has 18 heavy (non-hydrogen) atoms. The highest BCUT2D eigenvalue weighted by atomic mass is 16.5. The lowest BCUT2D eigenvalue weighted by atomic mass is 10.1. The number of hydrogen-bond acceptors (Lipinski definition) is 4. The van der Waals surface area contributed by atoms with Gasteiger partial charge in [-0.3, -0.25) is 0 Å². The lowest BCUT2D eigenvalue weighted by Crippen LogP contribution is -2.05. The van der Waals surface area contributed by atoms with Crippen LogP contribution in [-0.4, -0.2) is 5.16 Å². The summed E-state index contributed by atoms with van der Waals surface area (Å²) in [5, 5.41) is 3.83. The van der Waals surface area contributed by atoms with Crippen LogP contribution in [0.5, 0.6) is 5.75 Å². The summed E-state index contributed by atoms with van der Waals surface area (Å²) in [7, 11) is 0. The Morgan fingerprint density at radius 1 is 1.44 bits per heavy atom. The van der Waals surface area contributed by atoms with Crippen molar-refractivity contribution in [2.24, 2.45) is 5.73 Å². The van der Waals surface area contributed by atoms with Crippen LogP contribution in [0.1, 0.15) is 35.0 Å². The Kier molecular flexibility index (Phi) is 2.80. The van der Waals surface area contributed by atoms with Crippen LogP contribution in [0, 0.1) is 6.92 Å². The van der Waals surface area contributed by atoms with E-state index in [0.29, 0.717) is 6.61 Å². The van der Waals surface area contributed by atoms with Gasteiger partial charge in [0.15, 0.2) is 5.76 Å². The van der Waals surface area contributed by atoms with Crippen molar-refractivity contribution in [2.75, 3.05) is 0 Å². The molecule has 94 valence electrons. The normalized spacial score (nSPS) is 17.8. The van der Waals surface area contributed by atoms with E-state index in [1.165, 1.54) is 11.1 Å². The highest BCUT2D eigenvalue weighted by molar-refractivity contribution is 5.40. The van der Waals surface area contributed by atoms with Gasteiger partial charge in [0.2, 0.25) is 0 Å². The van der Waals surface area contributed by atoms with Crippen molar-refractivity contribution in [1.29, 1.82) is 0 Å². The molecule has 0 spiro atoms. The number of aromatic nitrogens is 1. The average Bonchev–Trinajstić information content (AvgIpc) is 2.94. The molecule has 2 N–H and O–H groups in total. The maximum absolute atomic E-state index is 6.00. The summed E-state index contributed by atoms with van der Waals surface area (Å²) in [5.41, 5.74) is 9.42. The Morgan fingerprint density at radius 2 is 2.33 bits per heavy atom. The molecule has 0 radical (unpaired) electrons. The molecule has 0 saturated carbocycles. The highest BCUT2D eigenvalue weighted by Gasteiger charge is 2.19. The number of hydrogen-bond donors (Lipinski definition) is 1. The molecule has 4 heteroatoms. The molecule has 1 aromatic carbocycles. The standard InChI is InChI=1S/C14H16N2O2/c1-9-6-12(18-16-9)8-17-11-3-4-13-10(7-11)2-5-14(13)15/h3-4,6-7,14H,2,5,8,15H2,1H3/t14-/m1/s1. The van der Waals surface area contributed by atoms with Crippen LogP contribution < -0.4 is 10.5 Å². The zero-order valence-corrected chi connectivity index (χ0v) is 10.3. The predicted octanol–water partition coefficient (Wildman–Crippen LogP) is 2.51. The zero-order valence-electron chi connectivity index (χ0n) is 10.3. The highest BCUT2D eigenvalue weighted by Crippen LogP contribution is 2.32. The second-order valence-electron chi connectivity index (χ2n) is 4.73. The Bertz CT molecular complexity index is 563. The predicted molar refractivity (Wildman–Crippen MR) is 67.3 cm³/mol. The largest absolute Gasteiger partial charge is 0.486 e. The van der Waals surface area contributed by atoms with Crippen molar-refractivity contribution in [1.82, 2.24) is 5.16 Å². The van der Waals surface area contributed by atoms with Gasteiger partial charge in [-0.25, -0.2) is 0 Å². The van der Waals surface area contributed by atoms with Crippen molar-refractivity contribution in [2.45, 2.75) is 32.4 Å². The molecule has 2 aromatic rings. The van der Waals surface area contributed by atoms with Gasteiger partial charge in [-0.1, -0.05) is 11.2 Å². The van der Waals surface area contributed by atoms with Gasteiger partial charge in [0.05, 0.1) is 5.69 Å². The number of aryl methyl sites for hydroxylation is 2. The maximum atomic E-state index is 6.00. The second kappa shape index (κ2) is 4.46. The molecule has 0 fully saturated rings. The van der Waals surface area contributed by atoms with Crippen molar-refractivity contribution >= 4 is 0 Å². The van der Waals surface area contributed by atoms with Crippen molar-refractivity contribution < 1.29 is 9.26 Å². The van der Waals surface area contributed by atoms with Crippen LogP contribution in [0.3, 0.4) is 0 Å². The first kappa shape index (κ1) is 11.3. The molecule has 0 amide bonds. The van der Waals surface area contributed by atoms with E-state index in [0.717, 1.165) is 30.0 Å². The number of fused-ring (bicyclic) bond motifs is 1. The third kappa shape index (κ3) is 2.11. The number of benzene rings is 1. The maximum Gasteiger partial charge on any atom is 0.174 e. The summed E-state index contributed by atoms with van der Waals surface area (Å²) in [6.07, 6.45) is 2.06. The minimum absolute atomic E-state index is 0.186. The molecular formula is C14H16N2O2. The Hall–Kier alpha value is -1.81. The van der Waals surface area contributed by atoms with Crippen LogP contribution in [0.4, 0.5) is 0 Å². The summed E-state index contributed by atoms with van der Waals surface area (Å²) >= 11 is 0. The van der Waals surface area contributed by atoms with Gasteiger partial charge in [-0.05, 0) is 43.0 Å². The number of nitrogens with two attached hydrogens (primary N) is 1. The first-order valence-electron chi connectivity index (χ1n) is 6.16. The molecule has 1 atom stereocenters. The zero-order chi connectivity index (χ0) is 12.5. The quantitative estimate of drug-likeness (QED) is 0.901. The Morgan fingerprint density at radius 3 is 3.11 bits per heavy atom. The van der Waals surface area contributed by atoms with Crippen LogP contribution in [0.15, 0.2) is 28.8 Å². The fraction of sp³-hybridized carbons (Fsp3) is 0.357. The third-order valence-electron chi connectivity index (χ3n) is 3.30. The average molecular weight is 244 g/mol. The van der Waals surface area contributed by atoms with E-state index in [4.69, 9.17) is 15.0 Å². The van der Waals surface area contributed by atoms with Gasteiger partial charge >= 0.3 is 0 Å². The summed E-state index contributed by atoms with van der Waals surface area (Å²) in [5.74, 6) is 1.60. The summed E-state index contributed by atoms with van der Waals surface area (Å²) < 4.78 is 10.8. The molecule has 3 rings (SSSR count). The number of ether oxygens (including phenoxy) is 1. The molecule has 1 aliphatic rings. The number of nitrogens with zero attached hydrogens (tertiary/aromatic N) is 1. The molecule has 0 unspecified atom stereocenters. The Balaban J connectivity index is 1.70. The first-order chi connectivity index (χ1) is 8.72. The second-order valence-corrected chi connectivity index (χ2v) is 4.73. The summed E-state index contributed by atoms with van der Waals surface area (Å²) in [6, 6.07) is 8.17. The Labute approximate surface area is 106 Å². The van der Waals surface area contributed by atoms with Crippen LogP contribution in [-0.2, 0) is 13.0 Å². The SMILES string of the molecule is Cc1cc(COc2ccc3c(c2)CC[C@H]3N)on1. The monoisotopic (exact) mass is 244 g/mol. The van der Waals surface area contributed by atoms with E-state index in [-0.39, 0.29) is 6.04 Å². The van der Waals surface area contributed by atoms with Gasteiger partial charge in [-0.15, -0.1) is 0 Å². The van der Waals surface area contributed by atoms with E-state index in [1.54, 1.807) is 0 Å². The van der Waals surface area contributed by atoms with Crippen LogP contribution in [0.2, 0.25) is 0 Å². The van der Waals surface area contributed by atoms with Crippen LogP contribution in [0.25, 0.3) is 0 Å². The molecule has 1 aromatic heterocycles. The minimum Gasteiger partial charge on any atom is -0.486 e. The van der Waals surface area contributed by atoms with E-state index in [2.05, 4.69) is 17.3 Å². The first-order valence-corrected chi connectivity index (χ1v) is 6.16. The van der Waals surface area contributed by atoms with Gasteiger partial charge in [0.25, 0.3) is 0 Å². The summed E-state index contributed by atoms with van der Waals surface area (Å²) in [4.78, 5) is 0. The van der Waals surface area contributed by atoms with Crippen molar-refractivity contribution in [3.8, 4) is 5.75 Å². The van der Waals surface area contributed by atoms with Gasteiger partial charge < -0.3 is 15.0 Å². The fourth-order valence-corrected chi connectivity index (χ4v) is 2.36. The molecule has 4 nitrogen and oxygen atoms in total. The molecule has 0 saturated heterocycles.